The van der Waals surface area contributed by atoms with Gasteiger partial charge in [-0.1, -0.05) is 47.8 Å². The number of hydrogen-bond donors (Lipinski definition) is 4. The quantitative estimate of drug-likeness (QED) is 0.141. The number of nitrogens with zero attached hydrogens (tertiary/aromatic N) is 2. The summed E-state index contributed by atoms with van der Waals surface area (Å²) in [7, 11) is -3.81. The molecule has 0 radical (unpaired) electrons. The van der Waals surface area contributed by atoms with Crippen LogP contribution in [0, 0.1) is 0 Å². The molecular weight excluding hydrogens is 605 g/mol. The number of rotatable bonds is 10. The number of imidazole rings is 2. The van der Waals surface area contributed by atoms with E-state index in [0.29, 0.717) is 21.7 Å². The summed E-state index contributed by atoms with van der Waals surface area (Å²) in [5, 5.41) is 6.83. The SMILES string of the molecule is O=C(CSc1nc2ccccc2[nH]1)Nc1ccc(S(=O)(=O)c2ccc(NC(=O)CSc3nc4ccccc4[nH]3)cc2)cc1. The molecule has 0 saturated carbocycles. The first kappa shape index (κ1) is 28.5. The van der Waals surface area contributed by atoms with Gasteiger partial charge in [0.1, 0.15) is 0 Å². The van der Waals surface area contributed by atoms with Crippen molar-refractivity contribution in [1.82, 2.24) is 19.9 Å². The van der Waals surface area contributed by atoms with Gasteiger partial charge in [-0.25, -0.2) is 18.4 Å². The molecule has 216 valence electrons. The Morgan fingerprint density at radius 2 is 1.00 bits per heavy atom. The lowest BCUT2D eigenvalue weighted by Crippen LogP contribution is -2.14. The smallest absolute Gasteiger partial charge is 0.234 e. The number of carbonyl (C=O) groups excluding carboxylic acids is 2. The molecule has 4 aromatic carbocycles. The van der Waals surface area contributed by atoms with Gasteiger partial charge in [-0.2, -0.15) is 0 Å². The van der Waals surface area contributed by atoms with Crippen molar-refractivity contribution in [2.45, 2.75) is 20.1 Å². The van der Waals surface area contributed by atoms with E-state index in [-0.39, 0.29) is 33.1 Å². The molecule has 0 aliphatic rings. The average molecular weight is 629 g/mol. The second-order valence-corrected chi connectivity index (χ2v) is 13.2. The van der Waals surface area contributed by atoms with Gasteiger partial charge in [0.25, 0.3) is 0 Å². The lowest BCUT2D eigenvalue weighted by Gasteiger charge is -2.09. The van der Waals surface area contributed by atoms with E-state index in [0.717, 1.165) is 22.1 Å². The highest BCUT2D eigenvalue weighted by Crippen LogP contribution is 2.25. The van der Waals surface area contributed by atoms with Crippen molar-refractivity contribution in [2.24, 2.45) is 0 Å². The van der Waals surface area contributed by atoms with Crippen LogP contribution in [0.3, 0.4) is 0 Å². The van der Waals surface area contributed by atoms with Gasteiger partial charge < -0.3 is 20.6 Å². The number of para-hydroxylation sites is 4. The lowest BCUT2D eigenvalue weighted by atomic mass is 10.3. The fourth-order valence-corrected chi connectivity index (χ4v) is 6.86. The number of nitrogens with one attached hydrogen (secondary N) is 4. The second-order valence-electron chi connectivity index (χ2n) is 9.34. The molecule has 0 fully saturated rings. The Kier molecular flexibility index (Phi) is 8.18. The van der Waals surface area contributed by atoms with E-state index in [1.54, 1.807) is 24.3 Å². The van der Waals surface area contributed by atoms with Crippen LogP contribution in [0.25, 0.3) is 22.1 Å². The third-order valence-electron chi connectivity index (χ3n) is 6.31. The van der Waals surface area contributed by atoms with Crippen LogP contribution in [-0.4, -0.2) is 51.7 Å². The molecule has 0 unspecified atom stereocenters. The topological polar surface area (TPSA) is 150 Å². The molecule has 0 aliphatic heterocycles. The van der Waals surface area contributed by atoms with E-state index < -0.39 is 9.84 Å². The molecule has 0 atom stereocenters. The maximum atomic E-state index is 13.2. The normalized spacial score (nSPS) is 11.5. The predicted molar refractivity (Wildman–Crippen MR) is 169 cm³/mol. The number of H-pyrrole nitrogens is 2. The minimum absolute atomic E-state index is 0.0844. The third-order valence-corrected chi connectivity index (χ3v) is 9.84. The molecule has 2 aromatic heterocycles. The number of anilines is 2. The number of sulfone groups is 1. The minimum atomic E-state index is -3.81. The van der Waals surface area contributed by atoms with Crippen LogP contribution in [0.5, 0.6) is 0 Å². The third kappa shape index (κ3) is 6.74. The van der Waals surface area contributed by atoms with Gasteiger partial charge in [0.2, 0.25) is 21.7 Å². The molecule has 0 saturated heterocycles. The van der Waals surface area contributed by atoms with Crippen LogP contribution in [0.1, 0.15) is 0 Å². The maximum Gasteiger partial charge on any atom is 0.234 e. The summed E-state index contributed by atoms with van der Waals surface area (Å²) in [5.41, 5.74) is 4.42. The average Bonchev–Trinajstić information content (AvgIpc) is 3.63. The summed E-state index contributed by atoms with van der Waals surface area (Å²) in [6.07, 6.45) is 0. The number of fused-ring (bicyclic) bond motifs is 2. The number of carbonyl (C=O) groups is 2. The largest absolute Gasteiger partial charge is 0.333 e. The molecule has 0 bridgehead atoms. The van der Waals surface area contributed by atoms with Gasteiger partial charge in [0.05, 0.1) is 43.4 Å². The van der Waals surface area contributed by atoms with E-state index in [2.05, 4.69) is 30.6 Å². The van der Waals surface area contributed by atoms with Crippen molar-refractivity contribution < 1.29 is 18.0 Å². The summed E-state index contributed by atoms with van der Waals surface area (Å²) < 4.78 is 26.3. The molecule has 13 heteroatoms. The molecule has 6 aromatic rings. The molecule has 2 amide bonds. The Hall–Kier alpha value is -4.59. The Bertz CT molecular complexity index is 1830. The Morgan fingerprint density at radius 3 is 1.40 bits per heavy atom. The van der Waals surface area contributed by atoms with E-state index in [9.17, 15) is 18.0 Å². The molecule has 4 N–H and O–H groups in total. The lowest BCUT2D eigenvalue weighted by molar-refractivity contribution is -0.114. The Balaban J connectivity index is 1.01. The minimum Gasteiger partial charge on any atom is -0.333 e. The van der Waals surface area contributed by atoms with Crippen LogP contribution in [0.4, 0.5) is 11.4 Å². The zero-order chi connectivity index (χ0) is 29.8. The number of hydrogen-bond acceptors (Lipinski definition) is 8. The van der Waals surface area contributed by atoms with Crippen molar-refractivity contribution in [3.63, 3.8) is 0 Å². The van der Waals surface area contributed by atoms with E-state index in [4.69, 9.17) is 0 Å². The van der Waals surface area contributed by atoms with Crippen LogP contribution in [-0.2, 0) is 19.4 Å². The number of amides is 2. The number of aromatic amines is 2. The second kappa shape index (κ2) is 12.3. The molecule has 2 heterocycles. The fourth-order valence-electron chi connectivity index (χ4n) is 4.23. The number of benzene rings is 4. The Labute approximate surface area is 255 Å². The molecular formula is C30H24N6O4S3. The molecule has 0 spiro atoms. The summed E-state index contributed by atoms with van der Waals surface area (Å²) in [4.78, 5) is 40.2. The first-order valence-electron chi connectivity index (χ1n) is 13.0. The highest BCUT2D eigenvalue weighted by Gasteiger charge is 2.18. The monoisotopic (exact) mass is 628 g/mol. The van der Waals surface area contributed by atoms with Crippen molar-refractivity contribution >= 4 is 78.6 Å². The molecule has 43 heavy (non-hydrogen) atoms. The van der Waals surface area contributed by atoms with Crippen LogP contribution < -0.4 is 10.6 Å². The van der Waals surface area contributed by atoms with Crippen LogP contribution in [0.15, 0.2) is 117 Å². The zero-order valence-corrected chi connectivity index (χ0v) is 24.9. The van der Waals surface area contributed by atoms with Gasteiger partial charge in [-0.05, 0) is 72.8 Å². The van der Waals surface area contributed by atoms with Crippen molar-refractivity contribution in [3.05, 3.63) is 97.1 Å². The highest BCUT2D eigenvalue weighted by atomic mass is 32.2. The first-order chi connectivity index (χ1) is 20.8. The van der Waals surface area contributed by atoms with Crippen molar-refractivity contribution in [2.75, 3.05) is 22.1 Å². The van der Waals surface area contributed by atoms with E-state index in [1.165, 1.54) is 47.8 Å². The fraction of sp³-hybridized carbons (Fsp3) is 0.0667. The number of aromatic nitrogens is 4. The van der Waals surface area contributed by atoms with E-state index >= 15 is 0 Å². The van der Waals surface area contributed by atoms with Gasteiger partial charge in [0, 0.05) is 11.4 Å². The van der Waals surface area contributed by atoms with Crippen LogP contribution in [0.2, 0.25) is 0 Å². The summed E-state index contributed by atoms with van der Waals surface area (Å²) in [6, 6.07) is 27.2. The summed E-state index contributed by atoms with van der Waals surface area (Å²) >= 11 is 2.56. The van der Waals surface area contributed by atoms with Gasteiger partial charge in [-0.15, -0.1) is 0 Å². The number of thioether (sulfide) groups is 2. The van der Waals surface area contributed by atoms with Gasteiger partial charge >= 0.3 is 0 Å². The van der Waals surface area contributed by atoms with Crippen molar-refractivity contribution in [1.29, 1.82) is 0 Å². The molecule has 10 nitrogen and oxygen atoms in total. The highest BCUT2D eigenvalue weighted by molar-refractivity contribution is 8.00. The zero-order valence-electron chi connectivity index (χ0n) is 22.4. The van der Waals surface area contributed by atoms with Crippen molar-refractivity contribution in [3.8, 4) is 0 Å². The van der Waals surface area contributed by atoms with Gasteiger partial charge in [-0.3, -0.25) is 9.59 Å². The standard InChI is InChI=1S/C30H24N6O4S3/c37-27(17-41-29-33-23-5-1-2-6-24(23)34-29)31-19-9-13-21(14-10-19)43(39,40)22-15-11-20(12-16-22)32-28(38)18-42-30-35-25-7-3-4-8-26(25)36-30/h1-16H,17-18H2,(H,31,37)(H,32,38)(H,33,34)(H,35,36). The first-order valence-corrected chi connectivity index (χ1v) is 16.5. The summed E-state index contributed by atoms with van der Waals surface area (Å²) in [6.45, 7) is 0. The molecule has 6 rings (SSSR count). The van der Waals surface area contributed by atoms with E-state index in [1.807, 2.05) is 48.5 Å². The van der Waals surface area contributed by atoms with Crippen LogP contribution >= 0.6 is 23.5 Å². The Morgan fingerprint density at radius 1 is 0.605 bits per heavy atom. The van der Waals surface area contributed by atoms with Gasteiger partial charge in [0.15, 0.2) is 10.3 Å². The molecule has 0 aliphatic carbocycles. The predicted octanol–water partition coefficient (Wildman–Crippen LogP) is 5.73. The summed E-state index contributed by atoms with van der Waals surface area (Å²) in [5.74, 6) is -0.202. The maximum absolute atomic E-state index is 13.2.